The molecule has 4 rings (SSSR count). The van der Waals surface area contributed by atoms with E-state index in [1.165, 1.54) is 16.5 Å². The number of nitrogens with zero attached hydrogens (tertiary/aromatic N) is 1. The number of aromatic amines is 1. The zero-order valence-electron chi connectivity index (χ0n) is 15.4. The summed E-state index contributed by atoms with van der Waals surface area (Å²) in [5.74, 6) is 0.118. The number of H-pyrrole nitrogens is 1. The van der Waals surface area contributed by atoms with Gasteiger partial charge in [0.05, 0.1) is 0 Å². The minimum absolute atomic E-state index is 0.118. The number of benzene rings is 3. The van der Waals surface area contributed by atoms with Crippen LogP contribution in [-0.4, -0.2) is 17.9 Å². The third-order valence-electron chi connectivity index (χ3n) is 5.02. The van der Waals surface area contributed by atoms with Crippen LogP contribution >= 0.6 is 0 Å². The number of carbonyl (C=O) groups excluding carboxylic acids is 1. The molecule has 0 unspecified atom stereocenters. The van der Waals surface area contributed by atoms with Crippen molar-refractivity contribution in [1.82, 2.24) is 4.98 Å². The van der Waals surface area contributed by atoms with Crippen LogP contribution in [0.15, 0.2) is 85.1 Å². The highest BCUT2D eigenvalue weighted by molar-refractivity contribution is 5.93. The number of hydrogen-bond acceptors (Lipinski definition) is 1. The molecule has 0 radical (unpaired) electrons. The lowest BCUT2D eigenvalue weighted by molar-refractivity contribution is -0.118. The van der Waals surface area contributed by atoms with Crippen molar-refractivity contribution in [3.63, 3.8) is 0 Å². The van der Waals surface area contributed by atoms with Crippen LogP contribution in [0.5, 0.6) is 0 Å². The number of aromatic nitrogens is 1. The molecule has 0 atom stereocenters. The average molecular weight is 354 g/mol. The number of rotatable bonds is 5. The fourth-order valence-corrected chi connectivity index (χ4v) is 3.40. The van der Waals surface area contributed by atoms with Crippen LogP contribution in [0.1, 0.15) is 12.0 Å². The molecule has 0 aliphatic rings. The highest BCUT2D eigenvalue weighted by Crippen LogP contribution is 2.24. The first-order valence-corrected chi connectivity index (χ1v) is 9.19. The Morgan fingerprint density at radius 3 is 2.30 bits per heavy atom. The van der Waals surface area contributed by atoms with E-state index in [0.717, 1.165) is 23.2 Å². The maximum absolute atomic E-state index is 12.6. The van der Waals surface area contributed by atoms with Crippen LogP contribution in [0.25, 0.3) is 22.0 Å². The van der Waals surface area contributed by atoms with Crippen LogP contribution in [0, 0.1) is 0 Å². The first-order valence-electron chi connectivity index (χ1n) is 9.19. The van der Waals surface area contributed by atoms with Crippen molar-refractivity contribution in [2.24, 2.45) is 0 Å². The van der Waals surface area contributed by atoms with Gasteiger partial charge in [-0.25, -0.2) is 0 Å². The van der Waals surface area contributed by atoms with Gasteiger partial charge in [0.1, 0.15) is 0 Å². The summed E-state index contributed by atoms with van der Waals surface area (Å²) < 4.78 is 0. The summed E-state index contributed by atoms with van der Waals surface area (Å²) in [7, 11) is 1.84. The van der Waals surface area contributed by atoms with Crippen LogP contribution in [0.2, 0.25) is 0 Å². The highest BCUT2D eigenvalue weighted by Gasteiger charge is 2.12. The molecule has 0 aliphatic heterocycles. The Kier molecular flexibility index (Phi) is 4.75. The standard InChI is InChI=1S/C24H22N2O/c1-26(21-14-11-19(12-15-21)18-7-3-2-4-8-18)24(27)16-13-20-17-25-23-10-6-5-9-22(20)23/h2-12,14-15,17,25H,13,16H2,1H3. The molecule has 0 spiro atoms. The zero-order valence-corrected chi connectivity index (χ0v) is 15.4. The summed E-state index contributed by atoms with van der Waals surface area (Å²) in [5, 5.41) is 1.19. The molecule has 3 nitrogen and oxygen atoms in total. The van der Waals surface area contributed by atoms with E-state index in [-0.39, 0.29) is 5.91 Å². The highest BCUT2D eigenvalue weighted by atomic mass is 16.2. The molecule has 3 heteroatoms. The van der Waals surface area contributed by atoms with Gasteiger partial charge in [-0.05, 0) is 41.3 Å². The maximum atomic E-state index is 12.6. The van der Waals surface area contributed by atoms with Crippen LogP contribution in [0.3, 0.4) is 0 Å². The van der Waals surface area contributed by atoms with Crippen LogP contribution < -0.4 is 4.90 Å². The van der Waals surface area contributed by atoms with Crippen LogP contribution in [0.4, 0.5) is 5.69 Å². The first kappa shape index (κ1) is 17.1. The SMILES string of the molecule is CN(C(=O)CCc1c[nH]c2ccccc12)c1ccc(-c2ccccc2)cc1. The average Bonchev–Trinajstić information content (AvgIpc) is 3.15. The third kappa shape index (κ3) is 3.63. The summed E-state index contributed by atoms with van der Waals surface area (Å²) in [6.45, 7) is 0. The summed E-state index contributed by atoms with van der Waals surface area (Å²) in [5.41, 5.74) is 5.55. The molecular formula is C24H22N2O. The second-order valence-electron chi connectivity index (χ2n) is 6.73. The number of nitrogens with one attached hydrogen (secondary N) is 1. The Morgan fingerprint density at radius 1 is 0.852 bits per heavy atom. The van der Waals surface area contributed by atoms with E-state index in [9.17, 15) is 4.79 Å². The Balaban J connectivity index is 1.43. The molecule has 0 bridgehead atoms. The molecule has 0 aliphatic carbocycles. The first-order chi connectivity index (χ1) is 13.2. The van der Waals surface area contributed by atoms with Crippen molar-refractivity contribution >= 4 is 22.5 Å². The van der Waals surface area contributed by atoms with Gasteiger partial charge in [0, 0.05) is 36.3 Å². The maximum Gasteiger partial charge on any atom is 0.227 e. The van der Waals surface area contributed by atoms with E-state index in [4.69, 9.17) is 0 Å². The second kappa shape index (κ2) is 7.50. The third-order valence-corrected chi connectivity index (χ3v) is 5.02. The van der Waals surface area contributed by atoms with E-state index in [0.29, 0.717) is 6.42 Å². The minimum Gasteiger partial charge on any atom is -0.361 e. The van der Waals surface area contributed by atoms with Crippen molar-refractivity contribution in [3.8, 4) is 11.1 Å². The lowest BCUT2D eigenvalue weighted by Crippen LogP contribution is -2.26. The number of anilines is 1. The number of aryl methyl sites for hydroxylation is 1. The Labute approximate surface area is 159 Å². The zero-order chi connectivity index (χ0) is 18.6. The predicted octanol–water partition coefficient (Wildman–Crippen LogP) is 5.43. The molecule has 1 heterocycles. The fourth-order valence-electron chi connectivity index (χ4n) is 3.40. The molecule has 1 aromatic heterocycles. The van der Waals surface area contributed by atoms with Crippen molar-refractivity contribution in [2.45, 2.75) is 12.8 Å². The molecule has 1 amide bonds. The van der Waals surface area contributed by atoms with Crippen molar-refractivity contribution < 1.29 is 4.79 Å². The van der Waals surface area contributed by atoms with Gasteiger partial charge in [-0.1, -0.05) is 60.7 Å². The molecular weight excluding hydrogens is 332 g/mol. The van der Waals surface area contributed by atoms with Gasteiger partial charge in [-0.15, -0.1) is 0 Å². The summed E-state index contributed by atoms with van der Waals surface area (Å²) in [4.78, 5) is 17.7. The lowest BCUT2D eigenvalue weighted by atomic mass is 10.1. The number of carbonyl (C=O) groups is 1. The Morgan fingerprint density at radius 2 is 1.52 bits per heavy atom. The second-order valence-corrected chi connectivity index (χ2v) is 6.73. The largest absolute Gasteiger partial charge is 0.361 e. The topological polar surface area (TPSA) is 36.1 Å². The minimum atomic E-state index is 0.118. The van der Waals surface area contributed by atoms with Crippen LogP contribution in [-0.2, 0) is 11.2 Å². The lowest BCUT2D eigenvalue weighted by Gasteiger charge is -2.18. The van der Waals surface area contributed by atoms with E-state index >= 15 is 0 Å². The van der Waals surface area contributed by atoms with E-state index < -0.39 is 0 Å². The molecule has 27 heavy (non-hydrogen) atoms. The Bertz CT molecular complexity index is 1050. The normalized spacial score (nSPS) is 10.9. The summed E-state index contributed by atoms with van der Waals surface area (Å²) in [6.07, 6.45) is 3.22. The number of hydrogen-bond donors (Lipinski definition) is 1. The summed E-state index contributed by atoms with van der Waals surface area (Å²) >= 11 is 0. The smallest absolute Gasteiger partial charge is 0.227 e. The fraction of sp³-hybridized carbons (Fsp3) is 0.125. The van der Waals surface area contributed by atoms with Gasteiger partial charge >= 0.3 is 0 Å². The van der Waals surface area contributed by atoms with Gasteiger partial charge < -0.3 is 9.88 Å². The van der Waals surface area contributed by atoms with Gasteiger partial charge in [0.15, 0.2) is 0 Å². The van der Waals surface area contributed by atoms with E-state index in [2.05, 4.69) is 41.4 Å². The number of fused-ring (bicyclic) bond motifs is 1. The summed E-state index contributed by atoms with van der Waals surface area (Å²) in [6, 6.07) is 26.6. The van der Waals surface area contributed by atoms with Crippen molar-refractivity contribution in [2.75, 3.05) is 11.9 Å². The van der Waals surface area contributed by atoms with E-state index in [1.807, 2.05) is 55.7 Å². The predicted molar refractivity (Wildman–Crippen MR) is 112 cm³/mol. The molecule has 3 aromatic carbocycles. The Hall–Kier alpha value is -3.33. The number of para-hydroxylation sites is 1. The molecule has 4 aromatic rings. The molecule has 0 saturated heterocycles. The number of amides is 1. The van der Waals surface area contributed by atoms with E-state index in [1.54, 1.807) is 4.90 Å². The monoisotopic (exact) mass is 354 g/mol. The molecule has 1 N–H and O–H groups in total. The quantitative estimate of drug-likeness (QED) is 0.510. The molecule has 0 saturated carbocycles. The van der Waals surface area contributed by atoms with Crippen molar-refractivity contribution in [1.29, 1.82) is 0 Å². The molecule has 134 valence electrons. The van der Waals surface area contributed by atoms with Gasteiger partial charge in [-0.2, -0.15) is 0 Å². The van der Waals surface area contributed by atoms with Gasteiger partial charge in [0.2, 0.25) is 5.91 Å². The van der Waals surface area contributed by atoms with Gasteiger partial charge in [0.25, 0.3) is 0 Å². The van der Waals surface area contributed by atoms with Crippen molar-refractivity contribution in [3.05, 3.63) is 90.6 Å². The molecule has 0 fully saturated rings. The van der Waals surface area contributed by atoms with Gasteiger partial charge in [-0.3, -0.25) is 4.79 Å².